The predicted molar refractivity (Wildman–Crippen MR) is 119 cm³/mol. The standard InChI is InChI=1S/C20H21N4O6PS/c1-14(17-4-2-5-18(12-17)24(25)26)32-20-23-22-19(30-20)16-8-6-15(7-9-16)13-21-10-3-11-29-31(27)28/h2,4-9,12,14,21H,3,10-11,13H2,1H3/p+1. The van der Waals surface area contributed by atoms with Crippen LogP contribution in [0.1, 0.15) is 29.7 Å². The first-order valence-corrected chi connectivity index (χ1v) is 11.8. The Kier molecular flexibility index (Phi) is 8.83. The average Bonchev–Trinajstić information content (AvgIpc) is 3.25. The Labute approximate surface area is 189 Å². The van der Waals surface area contributed by atoms with Gasteiger partial charge in [-0.15, -0.1) is 19.6 Å². The third-order valence-corrected chi connectivity index (χ3v) is 5.86. The Morgan fingerprint density at radius 1 is 1.28 bits per heavy atom. The molecule has 0 spiro atoms. The maximum Gasteiger partial charge on any atom is 0.694 e. The number of non-ortho nitro benzene ring substituents is 1. The molecule has 32 heavy (non-hydrogen) atoms. The van der Waals surface area contributed by atoms with E-state index in [-0.39, 0.29) is 17.5 Å². The summed E-state index contributed by atoms with van der Waals surface area (Å²) in [5.41, 5.74) is 2.70. The first kappa shape index (κ1) is 24.0. The molecule has 0 saturated heterocycles. The maximum absolute atomic E-state index is 11.0. The molecular weight excluding hydrogens is 455 g/mol. The van der Waals surface area contributed by atoms with Gasteiger partial charge in [-0.2, -0.15) is 0 Å². The Hall–Kier alpha value is -2.69. The van der Waals surface area contributed by atoms with Crippen molar-refractivity contribution in [2.45, 2.75) is 30.4 Å². The van der Waals surface area contributed by atoms with Crippen molar-refractivity contribution in [2.75, 3.05) is 13.2 Å². The minimum Gasteiger partial charge on any atom is -0.411 e. The van der Waals surface area contributed by atoms with E-state index in [1.807, 2.05) is 37.3 Å². The Balaban J connectivity index is 1.52. The van der Waals surface area contributed by atoms with Crippen molar-refractivity contribution in [1.29, 1.82) is 0 Å². The van der Waals surface area contributed by atoms with Crippen LogP contribution in [-0.4, -0.2) is 33.2 Å². The van der Waals surface area contributed by atoms with E-state index < -0.39 is 13.2 Å². The smallest absolute Gasteiger partial charge is 0.411 e. The predicted octanol–water partition coefficient (Wildman–Crippen LogP) is 4.64. The van der Waals surface area contributed by atoms with Gasteiger partial charge in [0.15, 0.2) is 0 Å². The number of nitrogens with one attached hydrogen (secondary N) is 1. The van der Waals surface area contributed by atoms with Crippen LogP contribution in [0.5, 0.6) is 0 Å². The Bertz CT molecular complexity index is 1060. The van der Waals surface area contributed by atoms with Crippen LogP contribution < -0.4 is 5.32 Å². The van der Waals surface area contributed by atoms with Crippen LogP contribution in [0.2, 0.25) is 0 Å². The summed E-state index contributed by atoms with van der Waals surface area (Å²) in [7, 11) is -2.53. The third kappa shape index (κ3) is 7.18. The van der Waals surface area contributed by atoms with Gasteiger partial charge in [0.1, 0.15) is 6.61 Å². The van der Waals surface area contributed by atoms with Crippen molar-refractivity contribution in [1.82, 2.24) is 15.5 Å². The highest BCUT2D eigenvalue weighted by molar-refractivity contribution is 7.99. The zero-order chi connectivity index (χ0) is 22.9. The highest BCUT2D eigenvalue weighted by Gasteiger charge is 2.16. The molecule has 2 N–H and O–H groups in total. The van der Waals surface area contributed by atoms with Crippen LogP contribution >= 0.6 is 20.0 Å². The summed E-state index contributed by atoms with van der Waals surface area (Å²) in [6.07, 6.45) is 0.636. The number of benzene rings is 2. The van der Waals surface area contributed by atoms with E-state index >= 15 is 0 Å². The molecule has 2 aromatic carbocycles. The van der Waals surface area contributed by atoms with Crippen LogP contribution in [0.15, 0.2) is 58.2 Å². The molecule has 0 aliphatic heterocycles. The van der Waals surface area contributed by atoms with Crippen LogP contribution in [0, 0.1) is 10.1 Å². The van der Waals surface area contributed by atoms with Gasteiger partial charge >= 0.3 is 8.25 Å². The molecule has 0 amide bonds. The second kappa shape index (κ2) is 11.8. The highest BCUT2D eigenvalue weighted by atomic mass is 32.2. The summed E-state index contributed by atoms with van der Waals surface area (Å²) in [5.74, 6) is 0.397. The lowest BCUT2D eigenvalue weighted by molar-refractivity contribution is -0.384. The lowest BCUT2D eigenvalue weighted by atomic mass is 10.1. The van der Waals surface area contributed by atoms with Gasteiger partial charge < -0.3 is 9.73 Å². The van der Waals surface area contributed by atoms with Gasteiger partial charge in [0.05, 0.1) is 4.92 Å². The molecule has 3 rings (SSSR count). The molecular formula is C20H22N4O6PS+. The summed E-state index contributed by atoms with van der Waals surface area (Å²) in [5, 5.41) is 22.7. The van der Waals surface area contributed by atoms with Gasteiger partial charge in [-0.1, -0.05) is 36.0 Å². The molecule has 0 fully saturated rings. The monoisotopic (exact) mass is 477 g/mol. The van der Waals surface area contributed by atoms with E-state index in [4.69, 9.17) is 9.31 Å². The fourth-order valence-corrected chi connectivity index (χ4v) is 3.91. The molecule has 1 aromatic heterocycles. The molecule has 2 atom stereocenters. The molecule has 168 valence electrons. The van der Waals surface area contributed by atoms with E-state index in [0.29, 0.717) is 30.6 Å². The molecule has 12 heteroatoms. The molecule has 3 aromatic rings. The van der Waals surface area contributed by atoms with Gasteiger partial charge in [0.25, 0.3) is 10.9 Å². The molecule has 0 aliphatic carbocycles. The fourth-order valence-electron chi connectivity index (χ4n) is 2.82. The van der Waals surface area contributed by atoms with Crippen molar-refractivity contribution in [3.8, 4) is 11.5 Å². The zero-order valence-electron chi connectivity index (χ0n) is 17.2. The fraction of sp³-hybridized carbons (Fsp3) is 0.300. The number of nitro benzene ring substituents is 1. The quantitative estimate of drug-likeness (QED) is 0.125. The van der Waals surface area contributed by atoms with Gasteiger partial charge in [-0.05, 0) is 43.1 Å². The summed E-state index contributed by atoms with van der Waals surface area (Å²) in [6, 6.07) is 14.2. The van der Waals surface area contributed by atoms with Crippen molar-refractivity contribution in [2.24, 2.45) is 0 Å². The van der Waals surface area contributed by atoms with Gasteiger partial charge in [-0.3, -0.25) is 10.1 Å². The van der Waals surface area contributed by atoms with Crippen molar-refractivity contribution < 1.29 is 23.3 Å². The normalized spacial score (nSPS) is 12.5. The number of nitrogens with zero attached hydrogens (tertiary/aromatic N) is 3. The SMILES string of the molecule is CC(Sc1nnc(-c2ccc(CNCCCO[P+](=O)O)cc2)o1)c1cccc([N+](=O)[O-])c1. The third-order valence-electron chi connectivity index (χ3n) is 4.46. The van der Waals surface area contributed by atoms with E-state index in [9.17, 15) is 14.7 Å². The minimum atomic E-state index is -2.53. The van der Waals surface area contributed by atoms with E-state index in [2.05, 4.69) is 20.0 Å². The topological polar surface area (TPSA) is 141 Å². The number of aromatic nitrogens is 2. The van der Waals surface area contributed by atoms with Gasteiger partial charge in [-0.25, -0.2) is 0 Å². The number of hydrogen-bond donors (Lipinski definition) is 2. The lowest BCUT2D eigenvalue weighted by Gasteiger charge is -2.08. The van der Waals surface area contributed by atoms with Gasteiger partial charge in [0, 0.05) is 34.1 Å². The number of rotatable bonds is 12. The van der Waals surface area contributed by atoms with Crippen LogP contribution in [0.25, 0.3) is 11.5 Å². The first-order valence-electron chi connectivity index (χ1n) is 9.76. The zero-order valence-corrected chi connectivity index (χ0v) is 18.9. The molecule has 0 bridgehead atoms. The Morgan fingerprint density at radius 2 is 2.06 bits per heavy atom. The van der Waals surface area contributed by atoms with Crippen LogP contribution in [0.3, 0.4) is 0 Å². The molecule has 2 unspecified atom stereocenters. The highest BCUT2D eigenvalue weighted by Crippen LogP contribution is 2.36. The Morgan fingerprint density at radius 3 is 2.78 bits per heavy atom. The summed E-state index contributed by atoms with van der Waals surface area (Å²) in [4.78, 5) is 19.1. The van der Waals surface area contributed by atoms with Crippen LogP contribution in [-0.2, 0) is 15.6 Å². The van der Waals surface area contributed by atoms with Crippen molar-refractivity contribution >= 4 is 25.7 Å². The van der Waals surface area contributed by atoms with E-state index in [0.717, 1.165) is 16.7 Å². The molecule has 1 heterocycles. The average molecular weight is 477 g/mol. The number of nitro groups is 1. The minimum absolute atomic E-state index is 0.0473. The largest absolute Gasteiger partial charge is 0.694 e. The molecule has 0 radical (unpaired) electrons. The molecule has 10 nitrogen and oxygen atoms in total. The van der Waals surface area contributed by atoms with E-state index in [1.165, 1.54) is 17.8 Å². The molecule has 0 aliphatic rings. The van der Waals surface area contributed by atoms with Gasteiger partial charge in [0.2, 0.25) is 5.89 Å². The van der Waals surface area contributed by atoms with E-state index in [1.54, 1.807) is 12.1 Å². The summed E-state index contributed by atoms with van der Waals surface area (Å²) in [6.45, 7) is 3.47. The lowest BCUT2D eigenvalue weighted by Crippen LogP contribution is -2.15. The maximum atomic E-state index is 11.0. The number of thioether (sulfide) groups is 1. The summed E-state index contributed by atoms with van der Waals surface area (Å²) < 4.78 is 20.8. The summed E-state index contributed by atoms with van der Waals surface area (Å²) >= 11 is 1.34. The first-order chi connectivity index (χ1) is 15.4. The second-order valence-electron chi connectivity index (χ2n) is 6.78. The van der Waals surface area contributed by atoms with Crippen LogP contribution in [0.4, 0.5) is 5.69 Å². The number of hydrogen-bond acceptors (Lipinski definition) is 9. The molecule has 0 saturated carbocycles. The second-order valence-corrected chi connectivity index (χ2v) is 8.81. The van der Waals surface area contributed by atoms with Crippen molar-refractivity contribution in [3.05, 3.63) is 69.8 Å². The van der Waals surface area contributed by atoms with Crippen molar-refractivity contribution in [3.63, 3.8) is 0 Å².